The van der Waals surface area contributed by atoms with Crippen LogP contribution in [0.2, 0.25) is 5.02 Å². The summed E-state index contributed by atoms with van der Waals surface area (Å²) in [5, 5.41) is 23.3. The highest BCUT2D eigenvalue weighted by atomic mass is 35.5. The van der Waals surface area contributed by atoms with Crippen molar-refractivity contribution < 1.29 is 14.5 Å². The van der Waals surface area contributed by atoms with Crippen molar-refractivity contribution >= 4 is 40.6 Å². The Morgan fingerprint density at radius 2 is 2.03 bits per heavy atom. The first-order valence-corrected chi connectivity index (χ1v) is 11.3. The number of anilines is 1. The molecule has 11 heteroatoms. The first kappa shape index (κ1) is 22.3. The molecule has 9 nitrogen and oxygen atoms in total. The van der Waals surface area contributed by atoms with Crippen molar-refractivity contribution in [2.24, 2.45) is 0 Å². The summed E-state index contributed by atoms with van der Waals surface area (Å²) in [7, 11) is 0. The first-order chi connectivity index (χ1) is 15.5. The zero-order chi connectivity index (χ0) is 22.5. The standard InChI is InChI=1S/C21H20ClN5O4S/c22-17-5-1-2-6-18(17)23-19(28)13-32-21-25-24-20(26(21)12-16-4-3-11-31-16)14-7-9-15(10-8-14)27(29)30/h1-2,5-10,16H,3-4,11-13H2,(H,23,28). The van der Waals surface area contributed by atoms with E-state index in [0.29, 0.717) is 40.4 Å². The molecule has 1 aliphatic heterocycles. The van der Waals surface area contributed by atoms with Crippen molar-refractivity contribution in [1.82, 2.24) is 14.8 Å². The molecular formula is C21H20ClN5O4S. The topological polar surface area (TPSA) is 112 Å². The van der Waals surface area contributed by atoms with E-state index in [0.717, 1.165) is 12.8 Å². The maximum Gasteiger partial charge on any atom is 0.269 e. The molecular weight excluding hydrogens is 454 g/mol. The van der Waals surface area contributed by atoms with E-state index < -0.39 is 4.92 Å². The largest absolute Gasteiger partial charge is 0.376 e. The normalized spacial score (nSPS) is 15.6. The van der Waals surface area contributed by atoms with Gasteiger partial charge in [0, 0.05) is 24.3 Å². The van der Waals surface area contributed by atoms with E-state index >= 15 is 0 Å². The Morgan fingerprint density at radius 1 is 1.25 bits per heavy atom. The number of nitrogens with zero attached hydrogens (tertiary/aromatic N) is 4. The Bertz CT molecular complexity index is 1120. The lowest BCUT2D eigenvalue weighted by molar-refractivity contribution is -0.384. The average Bonchev–Trinajstić information content (AvgIpc) is 3.44. The van der Waals surface area contributed by atoms with Crippen molar-refractivity contribution in [2.45, 2.75) is 30.6 Å². The number of amides is 1. The number of nitrogens with one attached hydrogen (secondary N) is 1. The monoisotopic (exact) mass is 473 g/mol. The van der Waals surface area contributed by atoms with Crippen LogP contribution in [0, 0.1) is 10.1 Å². The number of ether oxygens (including phenoxy) is 1. The lowest BCUT2D eigenvalue weighted by Crippen LogP contribution is -2.18. The van der Waals surface area contributed by atoms with Crippen LogP contribution in [0.25, 0.3) is 11.4 Å². The van der Waals surface area contributed by atoms with Crippen LogP contribution >= 0.6 is 23.4 Å². The first-order valence-electron chi connectivity index (χ1n) is 9.98. The molecule has 1 saturated heterocycles. The number of aromatic nitrogens is 3. The quantitative estimate of drug-likeness (QED) is 0.293. The highest BCUT2D eigenvalue weighted by Crippen LogP contribution is 2.28. The van der Waals surface area contributed by atoms with Gasteiger partial charge in [0.2, 0.25) is 5.91 Å². The second kappa shape index (κ2) is 10.1. The average molecular weight is 474 g/mol. The SMILES string of the molecule is O=C(CSc1nnc(-c2ccc([N+](=O)[O-])cc2)n1CC1CCCO1)Nc1ccccc1Cl. The fraction of sp³-hybridized carbons (Fsp3) is 0.286. The number of hydrogen-bond donors (Lipinski definition) is 1. The molecule has 1 amide bonds. The van der Waals surface area contributed by atoms with Gasteiger partial charge >= 0.3 is 0 Å². The van der Waals surface area contributed by atoms with Gasteiger partial charge < -0.3 is 10.1 Å². The Kier molecular flexibility index (Phi) is 7.03. The molecule has 0 spiro atoms. The van der Waals surface area contributed by atoms with Gasteiger partial charge in [0.25, 0.3) is 5.69 Å². The molecule has 2 heterocycles. The Balaban J connectivity index is 1.52. The van der Waals surface area contributed by atoms with Gasteiger partial charge in [-0.25, -0.2) is 0 Å². The third-order valence-corrected chi connectivity index (χ3v) is 6.24. The number of para-hydroxylation sites is 1. The molecule has 1 aliphatic rings. The minimum Gasteiger partial charge on any atom is -0.376 e. The molecule has 0 bridgehead atoms. The summed E-state index contributed by atoms with van der Waals surface area (Å²) < 4.78 is 7.68. The van der Waals surface area contributed by atoms with Crippen LogP contribution in [0.1, 0.15) is 12.8 Å². The molecule has 1 unspecified atom stereocenters. The molecule has 0 radical (unpaired) electrons. The van der Waals surface area contributed by atoms with Crippen LogP contribution in [0.4, 0.5) is 11.4 Å². The number of non-ortho nitro benzene ring substituents is 1. The van der Waals surface area contributed by atoms with Crippen LogP contribution < -0.4 is 5.32 Å². The number of thioether (sulfide) groups is 1. The maximum absolute atomic E-state index is 12.4. The minimum atomic E-state index is -0.445. The Hall–Kier alpha value is -2.95. The van der Waals surface area contributed by atoms with E-state index in [1.807, 2.05) is 4.57 Å². The highest BCUT2D eigenvalue weighted by molar-refractivity contribution is 7.99. The molecule has 2 aromatic carbocycles. The van der Waals surface area contributed by atoms with Crippen LogP contribution in [0.15, 0.2) is 53.7 Å². The number of carbonyl (C=O) groups is 1. The molecule has 1 N–H and O–H groups in total. The lowest BCUT2D eigenvalue weighted by atomic mass is 10.2. The minimum absolute atomic E-state index is 0.00443. The molecule has 0 saturated carbocycles. The number of nitro groups is 1. The molecule has 1 aromatic heterocycles. The van der Waals surface area contributed by atoms with E-state index in [1.54, 1.807) is 36.4 Å². The summed E-state index contributed by atoms with van der Waals surface area (Å²) in [6, 6.07) is 13.2. The molecule has 1 atom stereocenters. The van der Waals surface area contributed by atoms with Crippen LogP contribution in [-0.2, 0) is 16.1 Å². The van der Waals surface area contributed by atoms with E-state index in [9.17, 15) is 14.9 Å². The Labute approximate surface area is 193 Å². The second-order valence-electron chi connectivity index (χ2n) is 7.17. The fourth-order valence-electron chi connectivity index (χ4n) is 3.38. The van der Waals surface area contributed by atoms with Crippen LogP contribution in [-0.4, -0.2) is 44.1 Å². The maximum atomic E-state index is 12.4. The van der Waals surface area contributed by atoms with Crippen molar-refractivity contribution in [3.8, 4) is 11.4 Å². The zero-order valence-corrected chi connectivity index (χ0v) is 18.5. The van der Waals surface area contributed by atoms with Gasteiger partial charge in [-0.3, -0.25) is 19.5 Å². The van der Waals surface area contributed by atoms with Gasteiger partial charge in [0.15, 0.2) is 11.0 Å². The smallest absolute Gasteiger partial charge is 0.269 e. The lowest BCUT2D eigenvalue weighted by Gasteiger charge is -2.14. The van der Waals surface area contributed by atoms with E-state index in [-0.39, 0.29) is 23.5 Å². The summed E-state index contributed by atoms with van der Waals surface area (Å²) in [5.74, 6) is 0.478. The van der Waals surface area contributed by atoms with Crippen molar-refractivity contribution in [1.29, 1.82) is 0 Å². The molecule has 4 rings (SSSR count). The summed E-state index contributed by atoms with van der Waals surface area (Å²) in [4.78, 5) is 22.9. The van der Waals surface area contributed by atoms with Gasteiger partial charge in [0.1, 0.15) is 0 Å². The predicted molar refractivity (Wildman–Crippen MR) is 122 cm³/mol. The molecule has 32 heavy (non-hydrogen) atoms. The third-order valence-electron chi connectivity index (χ3n) is 4.94. The van der Waals surface area contributed by atoms with Gasteiger partial charge in [-0.2, -0.15) is 0 Å². The molecule has 3 aromatic rings. The van der Waals surface area contributed by atoms with E-state index in [1.165, 1.54) is 23.9 Å². The number of benzene rings is 2. The second-order valence-corrected chi connectivity index (χ2v) is 8.52. The summed E-state index contributed by atoms with van der Waals surface area (Å²) in [6.07, 6.45) is 1.94. The van der Waals surface area contributed by atoms with Gasteiger partial charge in [-0.1, -0.05) is 35.5 Å². The predicted octanol–water partition coefficient (Wildman–Crippen LogP) is 4.42. The third kappa shape index (κ3) is 5.26. The van der Waals surface area contributed by atoms with Crippen molar-refractivity contribution in [3.05, 3.63) is 63.7 Å². The number of nitro benzene ring substituents is 1. The number of hydrogen-bond acceptors (Lipinski definition) is 7. The fourth-order valence-corrected chi connectivity index (χ4v) is 4.31. The number of halogens is 1. The summed E-state index contributed by atoms with van der Waals surface area (Å²) >= 11 is 7.36. The van der Waals surface area contributed by atoms with Crippen LogP contribution in [0.3, 0.4) is 0 Å². The summed E-state index contributed by atoms with van der Waals surface area (Å²) in [6.45, 7) is 1.25. The Morgan fingerprint density at radius 3 is 2.72 bits per heavy atom. The summed E-state index contributed by atoms with van der Waals surface area (Å²) in [5.41, 5.74) is 1.26. The van der Waals surface area contributed by atoms with Crippen LogP contribution in [0.5, 0.6) is 0 Å². The van der Waals surface area contributed by atoms with Gasteiger partial charge in [0.05, 0.1) is 34.0 Å². The molecule has 166 valence electrons. The van der Waals surface area contributed by atoms with Crippen molar-refractivity contribution in [2.75, 3.05) is 17.7 Å². The zero-order valence-electron chi connectivity index (χ0n) is 16.9. The van der Waals surface area contributed by atoms with Gasteiger partial charge in [-0.15, -0.1) is 10.2 Å². The highest BCUT2D eigenvalue weighted by Gasteiger charge is 2.22. The molecule has 1 fully saturated rings. The van der Waals surface area contributed by atoms with Crippen molar-refractivity contribution in [3.63, 3.8) is 0 Å². The number of rotatable bonds is 8. The number of carbonyl (C=O) groups excluding carboxylic acids is 1. The van der Waals surface area contributed by atoms with E-state index in [2.05, 4.69) is 15.5 Å². The molecule has 0 aliphatic carbocycles. The van der Waals surface area contributed by atoms with E-state index in [4.69, 9.17) is 16.3 Å². The van der Waals surface area contributed by atoms with Gasteiger partial charge in [-0.05, 0) is 37.1 Å².